The lowest BCUT2D eigenvalue weighted by Crippen LogP contribution is -2.63. The second-order valence-electron chi connectivity index (χ2n) is 10.8. The molecule has 0 spiro atoms. The third-order valence-corrected chi connectivity index (χ3v) is 8.84. The molecule has 0 bridgehead atoms. The van der Waals surface area contributed by atoms with Gasteiger partial charge in [-0.2, -0.15) is 11.8 Å². The number of aliphatic hydroxyl groups excluding tert-OH is 2. The molecule has 0 aliphatic heterocycles. The summed E-state index contributed by atoms with van der Waals surface area (Å²) in [6.45, 7) is 7.70. The Hall–Kier alpha value is -2.29. The molecule has 8 heteroatoms. The lowest BCUT2D eigenvalue weighted by molar-refractivity contribution is -0.147. The van der Waals surface area contributed by atoms with Gasteiger partial charge in [0.15, 0.2) is 11.4 Å². The van der Waals surface area contributed by atoms with Gasteiger partial charge in [0, 0.05) is 33.5 Å². The first-order chi connectivity index (χ1) is 15.7. The molecule has 184 valence electrons. The molecule has 4 rings (SSSR count). The Bertz CT molecular complexity index is 1130. The van der Waals surface area contributed by atoms with Crippen LogP contribution in [0.3, 0.4) is 0 Å². The highest BCUT2D eigenvalue weighted by Crippen LogP contribution is 2.56. The fourth-order valence-electron chi connectivity index (χ4n) is 5.82. The zero-order chi connectivity index (χ0) is 25.3. The summed E-state index contributed by atoms with van der Waals surface area (Å²) in [5.74, 6) is -3.28. The van der Waals surface area contributed by atoms with Gasteiger partial charge in [0.2, 0.25) is 5.78 Å². The number of ketones is 2. The fourth-order valence-corrected chi connectivity index (χ4v) is 6.91. The summed E-state index contributed by atoms with van der Waals surface area (Å²) >= 11 is 1.71. The lowest BCUT2D eigenvalue weighted by atomic mass is 9.56. The second kappa shape index (κ2) is 8.14. The van der Waals surface area contributed by atoms with Gasteiger partial charge in [-0.3, -0.25) is 14.5 Å². The van der Waals surface area contributed by atoms with E-state index in [-0.39, 0.29) is 45.3 Å². The van der Waals surface area contributed by atoms with Crippen LogP contribution < -0.4 is 0 Å². The van der Waals surface area contributed by atoms with Gasteiger partial charge in [0.25, 0.3) is 0 Å². The van der Waals surface area contributed by atoms with Crippen LogP contribution in [0.2, 0.25) is 0 Å². The predicted octanol–water partition coefficient (Wildman–Crippen LogP) is 3.73. The fraction of sp³-hybridized carbons (Fsp3) is 0.538. The number of Topliss-reactive ketones (excluding diaryl/α,β-unsaturated/α-hetero) is 2. The van der Waals surface area contributed by atoms with E-state index in [4.69, 9.17) is 0 Å². The molecule has 7 nitrogen and oxygen atoms in total. The molecule has 0 saturated heterocycles. The summed E-state index contributed by atoms with van der Waals surface area (Å²) in [6.07, 6.45) is 0.220. The van der Waals surface area contributed by atoms with E-state index in [0.717, 1.165) is 0 Å². The van der Waals surface area contributed by atoms with Gasteiger partial charge in [-0.05, 0) is 45.0 Å². The molecule has 0 saturated carbocycles. The summed E-state index contributed by atoms with van der Waals surface area (Å²) < 4.78 is -0.0646. The molecule has 3 aliphatic carbocycles. The highest BCUT2D eigenvalue weighted by atomic mass is 32.2. The second-order valence-corrected chi connectivity index (χ2v) is 12.7. The van der Waals surface area contributed by atoms with Crippen molar-refractivity contribution in [3.05, 3.63) is 52.0 Å². The van der Waals surface area contributed by atoms with E-state index < -0.39 is 40.8 Å². The van der Waals surface area contributed by atoms with E-state index >= 15 is 0 Å². The molecule has 3 aliphatic rings. The molecule has 0 heterocycles. The first kappa shape index (κ1) is 24.8. The van der Waals surface area contributed by atoms with Gasteiger partial charge < -0.3 is 20.4 Å². The van der Waals surface area contributed by atoms with Crippen LogP contribution in [0.1, 0.15) is 56.0 Å². The van der Waals surface area contributed by atoms with Crippen molar-refractivity contribution in [1.29, 1.82) is 0 Å². The molecule has 0 fully saturated rings. The van der Waals surface area contributed by atoms with E-state index in [2.05, 4.69) is 20.8 Å². The third-order valence-electron chi connectivity index (χ3n) is 7.45. The van der Waals surface area contributed by atoms with Gasteiger partial charge in [0.1, 0.15) is 17.3 Å². The maximum absolute atomic E-state index is 13.6. The summed E-state index contributed by atoms with van der Waals surface area (Å²) in [4.78, 5) is 28.6. The minimum Gasteiger partial charge on any atom is -0.510 e. The Morgan fingerprint density at radius 1 is 1.15 bits per heavy atom. The molecular formula is C26H33NO6S. The van der Waals surface area contributed by atoms with Crippen LogP contribution in [0.5, 0.6) is 5.75 Å². The van der Waals surface area contributed by atoms with Crippen LogP contribution in [0, 0.1) is 11.8 Å². The zero-order valence-corrected chi connectivity index (χ0v) is 21.2. The van der Waals surface area contributed by atoms with Crippen molar-refractivity contribution in [2.75, 3.05) is 19.8 Å². The Balaban J connectivity index is 1.96. The van der Waals surface area contributed by atoms with Crippen LogP contribution in [-0.2, 0) is 4.79 Å². The monoisotopic (exact) mass is 487 g/mol. The number of nitrogens with zero attached hydrogens (tertiary/aromatic N) is 1. The highest BCUT2D eigenvalue weighted by molar-refractivity contribution is 8.00. The Morgan fingerprint density at radius 3 is 2.38 bits per heavy atom. The molecule has 4 N–H and O–H groups in total. The van der Waals surface area contributed by atoms with Gasteiger partial charge in [-0.1, -0.05) is 32.9 Å². The lowest BCUT2D eigenvalue weighted by Gasteiger charge is -2.51. The van der Waals surface area contributed by atoms with Crippen molar-refractivity contribution in [1.82, 2.24) is 4.90 Å². The van der Waals surface area contributed by atoms with Crippen molar-refractivity contribution >= 4 is 23.3 Å². The van der Waals surface area contributed by atoms with Crippen molar-refractivity contribution in [2.24, 2.45) is 11.8 Å². The number of carbonyl (C=O) groups excluding carboxylic acids is 2. The van der Waals surface area contributed by atoms with Crippen LogP contribution in [0.15, 0.2) is 40.9 Å². The molecule has 0 amide bonds. The SMILES string of the molecule is CC1=C(O)C(N(C)C)C2CC3C(=C(O)C2(O)C1=O)C(=O)c1c(O)cccc1C3CSC(C)(C)C. The molecule has 0 radical (unpaired) electrons. The molecule has 5 atom stereocenters. The van der Waals surface area contributed by atoms with Crippen LogP contribution >= 0.6 is 11.8 Å². The normalized spacial score (nSPS) is 31.5. The average molecular weight is 488 g/mol. The summed E-state index contributed by atoms with van der Waals surface area (Å²) in [7, 11) is 3.49. The molecule has 1 aromatic rings. The maximum atomic E-state index is 13.6. The van der Waals surface area contributed by atoms with Crippen molar-refractivity contribution in [2.45, 2.75) is 56.4 Å². The number of phenolic OH excluding ortho intramolecular Hbond substituents is 1. The van der Waals surface area contributed by atoms with Crippen molar-refractivity contribution in [3.63, 3.8) is 0 Å². The van der Waals surface area contributed by atoms with Crippen molar-refractivity contribution in [3.8, 4) is 5.75 Å². The number of rotatable bonds is 3. The summed E-state index contributed by atoms with van der Waals surface area (Å²) in [5, 5.41) is 44.6. The molecule has 0 aromatic heterocycles. The number of likely N-dealkylation sites (N-methyl/N-ethyl adjacent to an activating group) is 1. The summed E-state index contributed by atoms with van der Waals surface area (Å²) in [6, 6.07) is 4.26. The first-order valence-electron chi connectivity index (χ1n) is 11.5. The average Bonchev–Trinajstić information content (AvgIpc) is 2.73. The number of fused-ring (bicyclic) bond motifs is 3. The van der Waals surface area contributed by atoms with E-state index in [9.17, 15) is 30.0 Å². The number of thioether (sulfide) groups is 1. The van der Waals surface area contributed by atoms with E-state index in [1.807, 2.05) is 6.07 Å². The first-order valence-corrected chi connectivity index (χ1v) is 12.5. The maximum Gasteiger partial charge on any atom is 0.201 e. The molecular weight excluding hydrogens is 454 g/mol. The number of phenols is 1. The van der Waals surface area contributed by atoms with Crippen LogP contribution in [0.4, 0.5) is 0 Å². The molecule has 1 aromatic carbocycles. The molecule has 5 unspecified atom stereocenters. The Labute approximate surface area is 204 Å². The van der Waals surface area contributed by atoms with Crippen LogP contribution in [0.25, 0.3) is 0 Å². The number of carbonyl (C=O) groups is 2. The number of hydrogen-bond donors (Lipinski definition) is 4. The largest absolute Gasteiger partial charge is 0.510 e. The number of aromatic hydroxyl groups is 1. The van der Waals surface area contributed by atoms with E-state index in [1.165, 1.54) is 13.0 Å². The quantitative estimate of drug-likeness (QED) is 0.509. The molecule has 34 heavy (non-hydrogen) atoms. The topological polar surface area (TPSA) is 118 Å². The predicted molar refractivity (Wildman–Crippen MR) is 131 cm³/mol. The minimum atomic E-state index is -2.32. The summed E-state index contributed by atoms with van der Waals surface area (Å²) in [5.41, 5.74) is -1.55. The number of hydrogen-bond acceptors (Lipinski definition) is 8. The third kappa shape index (κ3) is 3.49. The number of aliphatic hydroxyl groups is 3. The van der Waals surface area contributed by atoms with Gasteiger partial charge in [-0.15, -0.1) is 0 Å². The van der Waals surface area contributed by atoms with Gasteiger partial charge in [0.05, 0.1) is 11.6 Å². The van der Waals surface area contributed by atoms with E-state index in [0.29, 0.717) is 11.3 Å². The van der Waals surface area contributed by atoms with E-state index in [1.54, 1.807) is 36.8 Å². The zero-order valence-electron chi connectivity index (χ0n) is 20.4. The number of benzene rings is 1. The van der Waals surface area contributed by atoms with Crippen LogP contribution in [-0.4, -0.2) is 73.1 Å². The van der Waals surface area contributed by atoms with Gasteiger partial charge in [-0.25, -0.2) is 0 Å². The standard InChI is InChI=1S/C26H33NO6S/c1-12-21(29)20(27(5)6)16-10-14-15(11-34-25(2,3)4)13-8-7-9-17(28)18(13)22(30)19(14)24(32)26(16,33)23(12)31/h7-9,14-16,20,28-29,32-33H,10-11H2,1-6H3. The van der Waals surface area contributed by atoms with Gasteiger partial charge >= 0.3 is 0 Å². The number of allylic oxidation sites excluding steroid dienone is 1. The Kier molecular flexibility index (Phi) is 5.94. The smallest absolute Gasteiger partial charge is 0.201 e. The highest BCUT2D eigenvalue weighted by Gasteiger charge is 2.62. The minimum absolute atomic E-state index is 0.00712. The van der Waals surface area contributed by atoms with Crippen molar-refractivity contribution < 1.29 is 30.0 Å². The Morgan fingerprint density at radius 2 is 1.79 bits per heavy atom.